The van der Waals surface area contributed by atoms with Crippen molar-refractivity contribution >= 4 is 35.0 Å². The third kappa shape index (κ3) is 4.81. The lowest BCUT2D eigenvalue weighted by Gasteiger charge is -2.06. The van der Waals surface area contributed by atoms with E-state index in [0.717, 1.165) is 16.8 Å². The predicted octanol–water partition coefficient (Wildman–Crippen LogP) is 4.58. The van der Waals surface area contributed by atoms with Gasteiger partial charge in [-0.1, -0.05) is 59.3 Å². The van der Waals surface area contributed by atoms with E-state index in [1.807, 2.05) is 37.0 Å². The van der Waals surface area contributed by atoms with Crippen molar-refractivity contribution in [2.45, 2.75) is 12.1 Å². The molecule has 2 aromatic heterocycles. The Hall–Kier alpha value is -3.10. The van der Waals surface area contributed by atoms with Crippen molar-refractivity contribution in [1.29, 1.82) is 0 Å². The van der Waals surface area contributed by atoms with Gasteiger partial charge in [0.1, 0.15) is 5.69 Å². The first-order chi connectivity index (χ1) is 14.9. The van der Waals surface area contributed by atoms with Gasteiger partial charge in [0.15, 0.2) is 11.0 Å². The molecule has 0 radical (unpaired) electrons. The second kappa shape index (κ2) is 8.95. The van der Waals surface area contributed by atoms with Gasteiger partial charge < -0.3 is 9.88 Å². The molecular weight excluding hydrogens is 432 g/mol. The summed E-state index contributed by atoms with van der Waals surface area (Å²) in [5, 5.41) is 17.3. The molecule has 0 fully saturated rings. The minimum Gasteiger partial charge on any atom is -0.325 e. The van der Waals surface area contributed by atoms with E-state index in [9.17, 15) is 4.79 Å². The van der Waals surface area contributed by atoms with Crippen LogP contribution in [0.25, 0.3) is 22.6 Å². The number of hydrogen-bond acceptors (Lipinski definition) is 5. The average molecular weight is 453 g/mol. The highest BCUT2D eigenvalue weighted by atomic mass is 35.5. The Balaban J connectivity index is 1.51. The van der Waals surface area contributed by atoms with E-state index in [-0.39, 0.29) is 11.7 Å². The van der Waals surface area contributed by atoms with Crippen molar-refractivity contribution in [3.63, 3.8) is 0 Å². The van der Waals surface area contributed by atoms with Crippen LogP contribution in [-0.2, 0) is 18.9 Å². The maximum atomic E-state index is 12.3. The Morgan fingerprint density at radius 2 is 1.90 bits per heavy atom. The quantitative estimate of drug-likeness (QED) is 0.433. The average Bonchev–Trinajstić information content (AvgIpc) is 3.29. The molecule has 1 amide bonds. The van der Waals surface area contributed by atoms with Crippen molar-refractivity contribution in [3.05, 3.63) is 65.3 Å². The van der Waals surface area contributed by atoms with Crippen molar-refractivity contribution in [2.75, 3.05) is 11.1 Å². The number of aryl methyl sites for hydroxylation is 2. The van der Waals surface area contributed by atoms with E-state index in [2.05, 4.69) is 39.7 Å². The predicted molar refractivity (Wildman–Crippen MR) is 124 cm³/mol. The first-order valence-corrected chi connectivity index (χ1v) is 11.0. The zero-order valence-corrected chi connectivity index (χ0v) is 18.9. The molecule has 4 aromatic rings. The highest BCUT2D eigenvalue weighted by molar-refractivity contribution is 7.99. The molecular formula is C22H21ClN6OS. The van der Waals surface area contributed by atoms with Crippen LogP contribution in [0.2, 0.25) is 5.02 Å². The summed E-state index contributed by atoms with van der Waals surface area (Å²) in [4.78, 5) is 12.3. The summed E-state index contributed by atoms with van der Waals surface area (Å²) in [5.74, 6) is 0.760. The Morgan fingerprint density at radius 3 is 2.65 bits per heavy atom. The lowest BCUT2D eigenvalue weighted by molar-refractivity contribution is -0.113. The fraction of sp³-hybridized carbons (Fsp3) is 0.182. The van der Waals surface area contributed by atoms with Gasteiger partial charge in [-0.3, -0.25) is 9.48 Å². The molecule has 0 saturated heterocycles. The lowest BCUT2D eigenvalue weighted by atomic mass is 10.1. The SMILES string of the molecule is Cc1ccc(-c2nn(C)cc2-c2nnc(SCC(=O)Nc3cccc(Cl)c3)n2C)cc1. The summed E-state index contributed by atoms with van der Waals surface area (Å²) < 4.78 is 3.65. The van der Waals surface area contributed by atoms with Gasteiger partial charge in [-0.25, -0.2) is 0 Å². The van der Waals surface area contributed by atoms with Crippen LogP contribution >= 0.6 is 23.4 Å². The monoisotopic (exact) mass is 452 g/mol. The van der Waals surface area contributed by atoms with Crippen molar-refractivity contribution < 1.29 is 4.79 Å². The smallest absolute Gasteiger partial charge is 0.234 e. The van der Waals surface area contributed by atoms with Gasteiger partial charge in [0.05, 0.1) is 11.3 Å². The zero-order chi connectivity index (χ0) is 22.0. The Bertz CT molecular complexity index is 1230. The zero-order valence-electron chi connectivity index (χ0n) is 17.3. The second-order valence-corrected chi connectivity index (χ2v) is 8.52. The molecule has 7 nitrogen and oxygen atoms in total. The highest BCUT2D eigenvalue weighted by Crippen LogP contribution is 2.31. The number of benzene rings is 2. The first kappa shape index (κ1) is 21.1. The number of thioether (sulfide) groups is 1. The number of aromatic nitrogens is 5. The third-order valence-corrected chi connectivity index (χ3v) is 5.93. The maximum absolute atomic E-state index is 12.3. The largest absolute Gasteiger partial charge is 0.325 e. The third-order valence-electron chi connectivity index (χ3n) is 4.67. The lowest BCUT2D eigenvalue weighted by Crippen LogP contribution is -2.14. The Kier molecular flexibility index (Phi) is 6.11. The fourth-order valence-corrected chi connectivity index (χ4v) is 4.05. The summed E-state index contributed by atoms with van der Waals surface area (Å²) in [6.45, 7) is 2.05. The molecule has 9 heteroatoms. The van der Waals surface area contributed by atoms with Crippen LogP contribution in [0.1, 0.15) is 5.56 Å². The number of carbonyl (C=O) groups excluding carboxylic acids is 1. The number of nitrogens with one attached hydrogen (secondary N) is 1. The van der Waals surface area contributed by atoms with E-state index >= 15 is 0 Å². The minimum absolute atomic E-state index is 0.140. The minimum atomic E-state index is -0.140. The molecule has 1 N–H and O–H groups in total. The number of halogens is 1. The van der Waals surface area contributed by atoms with Crippen molar-refractivity contribution in [3.8, 4) is 22.6 Å². The number of anilines is 1. The van der Waals surface area contributed by atoms with Crippen LogP contribution in [0, 0.1) is 6.92 Å². The van der Waals surface area contributed by atoms with E-state index in [0.29, 0.717) is 21.7 Å². The van der Waals surface area contributed by atoms with Gasteiger partial charge in [-0.2, -0.15) is 5.10 Å². The number of amides is 1. The van der Waals surface area contributed by atoms with Crippen LogP contribution in [0.3, 0.4) is 0 Å². The number of rotatable bonds is 6. The summed E-state index contributed by atoms with van der Waals surface area (Å²) in [6, 6.07) is 15.3. The van der Waals surface area contributed by atoms with E-state index < -0.39 is 0 Å². The fourth-order valence-electron chi connectivity index (χ4n) is 3.15. The molecule has 0 bridgehead atoms. The molecule has 0 atom stereocenters. The van der Waals surface area contributed by atoms with Gasteiger partial charge in [0, 0.05) is 36.6 Å². The molecule has 0 aliphatic heterocycles. The normalized spacial score (nSPS) is 11.0. The van der Waals surface area contributed by atoms with Gasteiger partial charge in [0.2, 0.25) is 5.91 Å². The van der Waals surface area contributed by atoms with Crippen LogP contribution in [-0.4, -0.2) is 36.2 Å². The summed E-state index contributed by atoms with van der Waals surface area (Å²) >= 11 is 7.29. The summed E-state index contributed by atoms with van der Waals surface area (Å²) in [6.07, 6.45) is 1.93. The Labute approximate surface area is 189 Å². The second-order valence-electron chi connectivity index (χ2n) is 7.14. The first-order valence-electron chi connectivity index (χ1n) is 9.59. The van der Waals surface area contributed by atoms with E-state index in [1.165, 1.54) is 17.3 Å². The van der Waals surface area contributed by atoms with Crippen LogP contribution in [0.5, 0.6) is 0 Å². The number of hydrogen-bond donors (Lipinski definition) is 1. The molecule has 0 spiro atoms. The molecule has 0 unspecified atom stereocenters. The highest BCUT2D eigenvalue weighted by Gasteiger charge is 2.19. The topological polar surface area (TPSA) is 77.6 Å². The number of nitrogens with zero attached hydrogens (tertiary/aromatic N) is 5. The van der Waals surface area contributed by atoms with Gasteiger partial charge >= 0.3 is 0 Å². The molecule has 0 saturated carbocycles. The van der Waals surface area contributed by atoms with Crippen molar-refractivity contribution in [2.24, 2.45) is 14.1 Å². The molecule has 0 aliphatic carbocycles. The van der Waals surface area contributed by atoms with Gasteiger partial charge in [0.25, 0.3) is 0 Å². The van der Waals surface area contributed by atoms with Gasteiger partial charge in [-0.05, 0) is 25.1 Å². The Morgan fingerprint density at radius 1 is 1.13 bits per heavy atom. The molecule has 4 rings (SSSR count). The van der Waals surface area contributed by atoms with Crippen LogP contribution < -0.4 is 5.32 Å². The van der Waals surface area contributed by atoms with Crippen LogP contribution in [0.4, 0.5) is 5.69 Å². The van der Waals surface area contributed by atoms with Crippen LogP contribution in [0.15, 0.2) is 59.9 Å². The molecule has 31 heavy (non-hydrogen) atoms. The summed E-state index contributed by atoms with van der Waals surface area (Å²) in [7, 11) is 3.77. The summed E-state index contributed by atoms with van der Waals surface area (Å²) in [5.41, 5.74) is 4.59. The maximum Gasteiger partial charge on any atom is 0.234 e. The molecule has 0 aliphatic rings. The van der Waals surface area contributed by atoms with E-state index in [1.54, 1.807) is 28.9 Å². The number of carbonyl (C=O) groups is 1. The molecule has 158 valence electrons. The van der Waals surface area contributed by atoms with E-state index in [4.69, 9.17) is 11.6 Å². The standard InChI is InChI=1S/C22H21ClN6OS/c1-14-7-9-15(10-8-14)20-18(12-28(2)27-20)21-25-26-22(29(21)3)31-13-19(30)24-17-6-4-5-16(23)11-17/h4-12H,13H2,1-3H3,(H,24,30). The van der Waals surface area contributed by atoms with Gasteiger partial charge in [-0.15, -0.1) is 10.2 Å². The molecule has 2 heterocycles. The molecule has 2 aromatic carbocycles. The van der Waals surface area contributed by atoms with Crippen molar-refractivity contribution in [1.82, 2.24) is 24.5 Å².